The van der Waals surface area contributed by atoms with Crippen LogP contribution in [-0.4, -0.2) is 18.3 Å². The van der Waals surface area contributed by atoms with E-state index in [1.165, 1.54) is 5.69 Å². The van der Waals surface area contributed by atoms with Gasteiger partial charge in [0.2, 0.25) is 0 Å². The van der Waals surface area contributed by atoms with Gasteiger partial charge >= 0.3 is 0 Å². The van der Waals surface area contributed by atoms with E-state index in [0.717, 1.165) is 22.8 Å². The molecule has 0 aliphatic carbocycles. The number of methoxy groups -OCH3 is 1. The zero-order valence-electron chi connectivity index (χ0n) is 10.1. The Hall–Kier alpha value is -1.25. The van der Waals surface area contributed by atoms with Crippen molar-refractivity contribution in [1.82, 2.24) is 4.57 Å². The topological polar surface area (TPSA) is 14.2 Å². The number of hydrogen-bond donors (Lipinski definition) is 0. The molecule has 2 aromatic rings. The van der Waals surface area contributed by atoms with Gasteiger partial charge in [-0.25, -0.2) is 0 Å². The van der Waals surface area contributed by atoms with Gasteiger partial charge in [0.15, 0.2) is 0 Å². The van der Waals surface area contributed by atoms with E-state index >= 15 is 0 Å². The van der Waals surface area contributed by atoms with E-state index in [4.69, 9.17) is 16.3 Å². The lowest BCUT2D eigenvalue weighted by Crippen LogP contribution is -2.07. The van der Waals surface area contributed by atoms with Crippen molar-refractivity contribution in [2.45, 2.75) is 13.5 Å². The number of hydrogen-bond acceptors (Lipinski definition) is 1. The summed E-state index contributed by atoms with van der Waals surface area (Å²) in [6, 6.07) is 12.1. The fraction of sp³-hybridized carbons (Fsp3) is 0.286. The van der Waals surface area contributed by atoms with Crippen LogP contribution in [-0.2, 0) is 11.3 Å². The monoisotopic (exact) mass is 249 g/mol. The molecule has 1 aromatic carbocycles. The number of aryl methyl sites for hydroxylation is 1. The third-order valence-corrected chi connectivity index (χ3v) is 3.20. The summed E-state index contributed by atoms with van der Waals surface area (Å²) in [4.78, 5) is 0. The van der Waals surface area contributed by atoms with Crippen LogP contribution in [0.15, 0.2) is 36.4 Å². The van der Waals surface area contributed by atoms with Crippen molar-refractivity contribution in [1.29, 1.82) is 0 Å². The van der Waals surface area contributed by atoms with Gasteiger partial charge < -0.3 is 9.30 Å². The second kappa shape index (κ2) is 5.39. The Labute approximate surface area is 107 Å². The minimum absolute atomic E-state index is 0.701. The fourth-order valence-corrected chi connectivity index (χ4v) is 2.19. The number of benzene rings is 1. The molecule has 1 aromatic heterocycles. The number of halogens is 1. The van der Waals surface area contributed by atoms with E-state index in [1.807, 2.05) is 24.3 Å². The Balaban J connectivity index is 2.42. The lowest BCUT2D eigenvalue weighted by Gasteiger charge is -2.12. The molecule has 0 aliphatic rings. The van der Waals surface area contributed by atoms with Crippen LogP contribution in [0.4, 0.5) is 0 Å². The zero-order chi connectivity index (χ0) is 12.3. The zero-order valence-corrected chi connectivity index (χ0v) is 10.9. The predicted molar refractivity (Wildman–Crippen MR) is 71.5 cm³/mol. The summed E-state index contributed by atoms with van der Waals surface area (Å²) < 4.78 is 7.36. The summed E-state index contributed by atoms with van der Waals surface area (Å²) in [5.74, 6) is 0. The van der Waals surface area contributed by atoms with Crippen molar-refractivity contribution in [3.63, 3.8) is 0 Å². The van der Waals surface area contributed by atoms with Gasteiger partial charge in [-0.2, -0.15) is 0 Å². The van der Waals surface area contributed by atoms with Crippen molar-refractivity contribution >= 4 is 11.6 Å². The first-order valence-corrected chi connectivity index (χ1v) is 6.02. The third kappa shape index (κ3) is 2.54. The third-order valence-electron chi connectivity index (χ3n) is 2.87. The maximum Gasteiger partial charge on any atom is 0.0642 e. The van der Waals surface area contributed by atoms with Gasteiger partial charge in [0, 0.05) is 35.6 Å². The van der Waals surface area contributed by atoms with Gasteiger partial charge in [-0.15, -0.1) is 0 Å². The lowest BCUT2D eigenvalue weighted by molar-refractivity contribution is 0.187. The average molecular weight is 250 g/mol. The van der Waals surface area contributed by atoms with Gasteiger partial charge in [-0.1, -0.05) is 29.8 Å². The molecule has 2 nitrogen and oxygen atoms in total. The van der Waals surface area contributed by atoms with Crippen LogP contribution in [0.5, 0.6) is 0 Å². The molecule has 0 spiro atoms. The van der Waals surface area contributed by atoms with Gasteiger partial charge in [-0.3, -0.25) is 0 Å². The average Bonchev–Trinajstić information content (AvgIpc) is 2.69. The Morgan fingerprint density at radius 3 is 2.65 bits per heavy atom. The summed E-state index contributed by atoms with van der Waals surface area (Å²) in [6.07, 6.45) is 0. The van der Waals surface area contributed by atoms with Crippen molar-refractivity contribution in [2.24, 2.45) is 0 Å². The van der Waals surface area contributed by atoms with Crippen LogP contribution < -0.4 is 0 Å². The minimum atomic E-state index is 0.701. The number of ether oxygens (including phenoxy) is 1. The van der Waals surface area contributed by atoms with Crippen LogP contribution in [0, 0.1) is 6.92 Å². The highest BCUT2D eigenvalue weighted by molar-refractivity contribution is 6.33. The van der Waals surface area contributed by atoms with Crippen LogP contribution in [0.3, 0.4) is 0 Å². The molecule has 3 heteroatoms. The summed E-state index contributed by atoms with van der Waals surface area (Å²) in [5, 5.41) is 0.782. The lowest BCUT2D eigenvalue weighted by atomic mass is 10.1. The molecular weight excluding hydrogens is 234 g/mol. The van der Waals surface area contributed by atoms with Crippen LogP contribution >= 0.6 is 11.6 Å². The first-order valence-electron chi connectivity index (χ1n) is 5.64. The van der Waals surface area contributed by atoms with Gasteiger partial charge in [0.1, 0.15) is 0 Å². The molecule has 0 amide bonds. The van der Waals surface area contributed by atoms with Gasteiger partial charge in [0.25, 0.3) is 0 Å². The maximum atomic E-state index is 6.23. The SMILES string of the molecule is COCCn1c(C)ccc1-c1ccccc1Cl. The molecule has 90 valence electrons. The van der Waals surface area contributed by atoms with E-state index in [2.05, 4.69) is 23.6 Å². The Morgan fingerprint density at radius 2 is 1.94 bits per heavy atom. The van der Waals surface area contributed by atoms with Crippen LogP contribution in [0.2, 0.25) is 5.02 Å². The molecule has 0 saturated heterocycles. The van der Waals surface area contributed by atoms with E-state index < -0.39 is 0 Å². The highest BCUT2D eigenvalue weighted by Crippen LogP contribution is 2.29. The quantitative estimate of drug-likeness (QED) is 0.805. The largest absolute Gasteiger partial charge is 0.383 e. The number of aromatic nitrogens is 1. The molecule has 0 radical (unpaired) electrons. The number of rotatable bonds is 4. The van der Waals surface area contributed by atoms with Gasteiger partial charge in [0.05, 0.1) is 6.61 Å². The molecule has 0 aliphatic heterocycles. The minimum Gasteiger partial charge on any atom is -0.383 e. The molecule has 17 heavy (non-hydrogen) atoms. The van der Waals surface area contributed by atoms with Crippen molar-refractivity contribution < 1.29 is 4.74 Å². The first kappa shape index (κ1) is 12.2. The van der Waals surface area contributed by atoms with E-state index in [0.29, 0.717) is 6.61 Å². The highest BCUT2D eigenvalue weighted by Gasteiger charge is 2.09. The summed E-state index contributed by atoms with van der Waals surface area (Å²) >= 11 is 6.23. The van der Waals surface area contributed by atoms with E-state index in [1.54, 1.807) is 7.11 Å². The number of nitrogens with zero attached hydrogens (tertiary/aromatic N) is 1. The Morgan fingerprint density at radius 1 is 1.18 bits per heavy atom. The molecule has 0 saturated carbocycles. The molecule has 0 N–H and O–H groups in total. The first-order chi connectivity index (χ1) is 8.24. The second-order valence-corrected chi connectivity index (χ2v) is 4.39. The summed E-state index contributed by atoms with van der Waals surface area (Å²) in [6.45, 7) is 3.64. The summed E-state index contributed by atoms with van der Waals surface area (Å²) in [7, 11) is 1.72. The maximum absolute atomic E-state index is 6.23. The molecule has 0 fully saturated rings. The van der Waals surface area contributed by atoms with E-state index in [-0.39, 0.29) is 0 Å². The predicted octanol–water partition coefficient (Wildman–Crippen LogP) is 3.76. The molecule has 0 unspecified atom stereocenters. The van der Waals surface area contributed by atoms with Crippen LogP contribution in [0.25, 0.3) is 11.3 Å². The van der Waals surface area contributed by atoms with Crippen LogP contribution in [0.1, 0.15) is 5.69 Å². The molecular formula is C14H16ClNO. The standard InChI is InChI=1S/C14H16ClNO/c1-11-7-8-14(16(11)9-10-17-2)12-5-3-4-6-13(12)15/h3-8H,9-10H2,1-2H3. The highest BCUT2D eigenvalue weighted by atomic mass is 35.5. The smallest absolute Gasteiger partial charge is 0.0642 e. The van der Waals surface area contributed by atoms with E-state index in [9.17, 15) is 0 Å². The Kier molecular flexibility index (Phi) is 3.87. The molecule has 1 heterocycles. The Bertz CT molecular complexity index is 505. The normalized spacial score (nSPS) is 10.8. The van der Waals surface area contributed by atoms with Crippen molar-refractivity contribution in [2.75, 3.05) is 13.7 Å². The molecule has 0 atom stereocenters. The fourth-order valence-electron chi connectivity index (χ4n) is 1.95. The second-order valence-electron chi connectivity index (χ2n) is 3.98. The molecule has 2 rings (SSSR count). The van der Waals surface area contributed by atoms with Crippen molar-refractivity contribution in [3.05, 3.63) is 47.1 Å². The van der Waals surface area contributed by atoms with Crippen molar-refractivity contribution in [3.8, 4) is 11.3 Å². The summed E-state index contributed by atoms with van der Waals surface area (Å²) in [5.41, 5.74) is 3.43. The molecule has 0 bridgehead atoms. The van der Waals surface area contributed by atoms with Gasteiger partial charge in [-0.05, 0) is 25.1 Å².